The molecule has 1 fully saturated rings. The van der Waals surface area contributed by atoms with Crippen molar-refractivity contribution in [1.82, 2.24) is 10.0 Å². The number of hydrogen-bond acceptors (Lipinski definition) is 3. The van der Waals surface area contributed by atoms with E-state index in [9.17, 15) is 8.42 Å². The molecule has 0 heterocycles. The second-order valence-corrected chi connectivity index (χ2v) is 8.06. The number of nitrogens with one attached hydrogen (secondary N) is 2. The minimum atomic E-state index is -3.44. The van der Waals surface area contributed by atoms with E-state index in [1.165, 1.54) is 38.5 Å². The Bertz CT molecular complexity index is 540. The minimum Gasteiger partial charge on any atom is -0.313 e. The molecule has 0 aliphatic heterocycles. The molecule has 0 amide bonds. The summed E-state index contributed by atoms with van der Waals surface area (Å²) in [5.41, 5.74) is 0. The quantitative estimate of drug-likeness (QED) is 0.594. The summed E-state index contributed by atoms with van der Waals surface area (Å²) in [5.74, 6) is 0. The van der Waals surface area contributed by atoms with Gasteiger partial charge in [0.05, 0.1) is 4.90 Å². The first kappa shape index (κ1) is 16.9. The van der Waals surface area contributed by atoms with Crippen LogP contribution in [-0.2, 0) is 10.0 Å². The van der Waals surface area contributed by atoms with Crippen LogP contribution in [0.4, 0.5) is 0 Å². The lowest BCUT2D eigenvalue weighted by molar-refractivity contribution is 0.461. The van der Waals surface area contributed by atoms with Crippen LogP contribution in [0.25, 0.3) is 0 Å². The lowest BCUT2D eigenvalue weighted by Gasteiger charge is -2.16. The van der Waals surface area contributed by atoms with Gasteiger partial charge < -0.3 is 5.32 Å². The Balaban J connectivity index is 1.78. The lowest BCUT2D eigenvalue weighted by Crippen LogP contribution is -2.36. The van der Waals surface area contributed by atoms with Crippen molar-refractivity contribution in [3.63, 3.8) is 0 Å². The van der Waals surface area contributed by atoms with Crippen molar-refractivity contribution in [3.05, 3.63) is 28.7 Å². The molecule has 1 aliphatic rings. The highest BCUT2D eigenvalue weighted by molar-refractivity contribution is 9.10. The van der Waals surface area contributed by atoms with E-state index >= 15 is 0 Å². The molecule has 6 heteroatoms. The third-order valence-corrected chi connectivity index (χ3v) is 6.30. The largest absolute Gasteiger partial charge is 0.313 e. The monoisotopic (exact) mass is 374 g/mol. The standard InChI is InChI=1S/C15H23BrN2O2S/c16-14-9-5-6-10-15(14)21(19,20)18-12-11-17-13-7-3-1-2-4-8-13/h5-6,9-10,13,17-18H,1-4,7-8,11-12H2. The van der Waals surface area contributed by atoms with Gasteiger partial charge in [0, 0.05) is 23.6 Å². The van der Waals surface area contributed by atoms with Gasteiger partial charge >= 0.3 is 0 Å². The molecule has 0 aromatic heterocycles. The van der Waals surface area contributed by atoms with Crippen molar-refractivity contribution in [3.8, 4) is 0 Å². The first-order chi connectivity index (χ1) is 10.1. The van der Waals surface area contributed by atoms with Crippen molar-refractivity contribution >= 4 is 26.0 Å². The third-order valence-electron chi connectivity index (χ3n) is 3.83. The Morgan fingerprint density at radius 3 is 2.38 bits per heavy atom. The van der Waals surface area contributed by atoms with Crippen LogP contribution in [0.2, 0.25) is 0 Å². The van der Waals surface area contributed by atoms with Crippen LogP contribution in [0.1, 0.15) is 38.5 Å². The van der Waals surface area contributed by atoms with Gasteiger partial charge in [-0.1, -0.05) is 37.8 Å². The van der Waals surface area contributed by atoms with E-state index in [0.717, 1.165) is 0 Å². The summed E-state index contributed by atoms with van der Waals surface area (Å²) in [6.45, 7) is 1.09. The molecule has 1 aromatic rings. The maximum absolute atomic E-state index is 12.2. The molecule has 0 spiro atoms. The fourth-order valence-electron chi connectivity index (χ4n) is 2.69. The van der Waals surface area contributed by atoms with Crippen LogP contribution in [0.5, 0.6) is 0 Å². The van der Waals surface area contributed by atoms with E-state index in [0.29, 0.717) is 28.5 Å². The van der Waals surface area contributed by atoms with E-state index in [1.807, 2.05) is 0 Å². The number of hydrogen-bond donors (Lipinski definition) is 2. The van der Waals surface area contributed by atoms with Gasteiger partial charge in [-0.3, -0.25) is 0 Å². The number of rotatable bonds is 6. The maximum Gasteiger partial charge on any atom is 0.241 e. The van der Waals surface area contributed by atoms with Crippen molar-refractivity contribution in [2.75, 3.05) is 13.1 Å². The molecule has 0 unspecified atom stereocenters. The second kappa shape index (κ2) is 8.27. The average Bonchev–Trinajstić information content (AvgIpc) is 2.72. The minimum absolute atomic E-state index is 0.291. The highest BCUT2D eigenvalue weighted by Gasteiger charge is 2.16. The Morgan fingerprint density at radius 1 is 1.05 bits per heavy atom. The summed E-state index contributed by atoms with van der Waals surface area (Å²) >= 11 is 3.28. The summed E-state index contributed by atoms with van der Waals surface area (Å²) < 4.78 is 27.6. The van der Waals surface area contributed by atoms with Gasteiger partial charge in [-0.15, -0.1) is 0 Å². The summed E-state index contributed by atoms with van der Waals surface area (Å²) in [4.78, 5) is 0.291. The molecule has 118 valence electrons. The molecule has 0 bridgehead atoms. The fraction of sp³-hybridized carbons (Fsp3) is 0.600. The number of benzene rings is 1. The van der Waals surface area contributed by atoms with Crippen LogP contribution in [0.3, 0.4) is 0 Å². The Morgan fingerprint density at radius 2 is 1.71 bits per heavy atom. The van der Waals surface area contributed by atoms with E-state index in [2.05, 4.69) is 26.0 Å². The van der Waals surface area contributed by atoms with Gasteiger partial charge in [0.2, 0.25) is 10.0 Å². The predicted octanol–water partition coefficient (Wildman–Crippen LogP) is 3.04. The van der Waals surface area contributed by atoms with E-state index in [1.54, 1.807) is 24.3 Å². The fourth-order valence-corrected chi connectivity index (χ4v) is 4.72. The number of sulfonamides is 1. The number of halogens is 1. The zero-order valence-corrected chi connectivity index (χ0v) is 14.5. The molecule has 1 aliphatic carbocycles. The van der Waals surface area contributed by atoms with Gasteiger partial charge in [-0.05, 0) is 40.9 Å². The van der Waals surface area contributed by atoms with Crippen molar-refractivity contribution in [2.24, 2.45) is 0 Å². The first-order valence-electron chi connectivity index (χ1n) is 7.57. The van der Waals surface area contributed by atoms with Crippen LogP contribution in [0, 0.1) is 0 Å². The van der Waals surface area contributed by atoms with E-state index in [-0.39, 0.29) is 0 Å². The second-order valence-electron chi connectivity index (χ2n) is 5.47. The van der Waals surface area contributed by atoms with Gasteiger partial charge in [0.1, 0.15) is 0 Å². The predicted molar refractivity (Wildman–Crippen MR) is 88.8 cm³/mol. The van der Waals surface area contributed by atoms with Gasteiger partial charge in [0.25, 0.3) is 0 Å². The van der Waals surface area contributed by atoms with Crippen LogP contribution in [0.15, 0.2) is 33.6 Å². The van der Waals surface area contributed by atoms with Crippen LogP contribution >= 0.6 is 15.9 Å². The van der Waals surface area contributed by atoms with Crippen LogP contribution < -0.4 is 10.0 Å². The Hall–Kier alpha value is -0.430. The smallest absolute Gasteiger partial charge is 0.241 e. The average molecular weight is 375 g/mol. The normalized spacial score (nSPS) is 17.6. The molecule has 0 atom stereocenters. The molecule has 0 radical (unpaired) electrons. The topological polar surface area (TPSA) is 58.2 Å². The van der Waals surface area contributed by atoms with Crippen molar-refractivity contribution in [1.29, 1.82) is 0 Å². The summed E-state index contributed by atoms with van der Waals surface area (Å²) in [6, 6.07) is 7.41. The third kappa shape index (κ3) is 5.36. The summed E-state index contributed by atoms with van der Waals surface area (Å²) in [5, 5.41) is 3.46. The maximum atomic E-state index is 12.2. The SMILES string of the molecule is O=S(=O)(NCCNC1CCCCCC1)c1ccccc1Br. The van der Waals surface area contributed by atoms with Crippen molar-refractivity contribution in [2.45, 2.75) is 49.5 Å². The van der Waals surface area contributed by atoms with Gasteiger partial charge in [-0.25, -0.2) is 13.1 Å². The molecule has 1 saturated carbocycles. The summed E-state index contributed by atoms with van der Waals surface area (Å²) in [7, 11) is -3.44. The molecule has 1 aromatic carbocycles. The molecule has 0 saturated heterocycles. The van der Waals surface area contributed by atoms with Crippen molar-refractivity contribution < 1.29 is 8.42 Å². The van der Waals surface area contributed by atoms with Gasteiger partial charge in [0.15, 0.2) is 0 Å². The van der Waals surface area contributed by atoms with Crippen LogP contribution in [-0.4, -0.2) is 27.5 Å². The lowest BCUT2D eigenvalue weighted by atomic mass is 10.1. The molecule has 2 N–H and O–H groups in total. The Kier molecular flexibility index (Phi) is 6.67. The van der Waals surface area contributed by atoms with Gasteiger partial charge in [-0.2, -0.15) is 0 Å². The molecule has 21 heavy (non-hydrogen) atoms. The molecule has 2 rings (SSSR count). The van der Waals surface area contributed by atoms with E-state index in [4.69, 9.17) is 0 Å². The Labute approximate surface area is 135 Å². The zero-order chi connectivity index (χ0) is 15.1. The molecular weight excluding hydrogens is 352 g/mol. The van der Waals surface area contributed by atoms with E-state index < -0.39 is 10.0 Å². The summed E-state index contributed by atoms with van der Waals surface area (Å²) in [6.07, 6.45) is 7.62. The molecular formula is C15H23BrN2O2S. The highest BCUT2D eigenvalue weighted by Crippen LogP contribution is 2.20. The zero-order valence-electron chi connectivity index (χ0n) is 12.1. The first-order valence-corrected chi connectivity index (χ1v) is 9.85. The highest BCUT2D eigenvalue weighted by atomic mass is 79.9. The molecule has 4 nitrogen and oxygen atoms in total.